The third kappa shape index (κ3) is 42.4. The van der Waals surface area contributed by atoms with Gasteiger partial charge in [0.2, 0.25) is 20.4 Å². The van der Waals surface area contributed by atoms with E-state index in [1.54, 1.807) is 57.5 Å². The van der Waals surface area contributed by atoms with Crippen molar-refractivity contribution >= 4 is 194 Å². The summed E-state index contributed by atoms with van der Waals surface area (Å²) in [6, 6.07) is 7.77. The number of ketones is 1. The number of aliphatic hydroxyl groups is 4. The van der Waals surface area contributed by atoms with E-state index in [1.165, 1.54) is 35.5 Å². The van der Waals surface area contributed by atoms with Gasteiger partial charge in [-0.2, -0.15) is 0 Å². The van der Waals surface area contributed by atoms with Gasteiger partial charge in [-0.1, -0.05) is 41.5 Å². The van der Waals surface area contributed by atoms with Crippen LogP contribution in [0.2, 0.25) is 0 Å². The molecule has 0 unspecified atom stereocenters. The van der Waals surface area contributed by atoms with Gasteiger partial charge in [0.25, 0.3) is 5.24 Å². The first-order valence-electron chi connectivity index (χ1n) is 33.8. The van der Waals surface area contributed by atoms with Gasteiger partial charge in [0.1, 0.15) is 74.8 Å². The molecule has 3 atom stereocenters. The minimum Gasteiger partial charge on any atom is -0.506 e. The molecule has 2 radical (unpaired) electrons. The first-order chi connectivity index (χ1) is 54.4. The monoisotopic (exact) mass is 2280 g/mol. The van der Waals surface area contributed by atoms with E-state index in [2.05, 4.69) is 119 Å². The standard InChI is InChI=1S/C17H20BrF2NO4.C17H19BrFNO4.C14H14BrF2NO3.C7H2BrClF2O.C7H3BrF2O2.C7H13NO2.C5H13NO.BH.Cl2OS.U/c1-4-25-17(24)11(7-21-15(8-22)9(2)3)16(23)10-5-12(18)14(20)6-13(10)19;1-4-24-17(23)11-7-20(15(8-21)9(2)3)14-6-13(19)12(18)5-10(14)16(11)22;1-4-21-14(20)9(7-18(2)3)13(19)8-5-10(15)12(17)6-11(8)16;8-4-1-3(7(9)12)5(10)2-6(4)11;8-4-1-3(7(11)12)5(9)2-6(4)10;1-4-10-7(9)5-6-8(2)3;1-4(2)5(6)3-7;;1-4(2)3;/h5-7,9,15,22-23H,4,8H2,1-3H3;5-7,9,15,21H,4,8H2,1-3H3;5-7H,4H2,1-3H3;1-2H;1-2H,(H,11,12);5-6H,4H2,1-3H3;4-5,7H,3,6H2,1-2H3;1H;;/b;;;;;6-5+;;;;/t2*15-;;;;;5-;;;/m11....1.../s1/i;;;;;;;1D;;. The van der Waals surface area contributed by atoms with Crippen LogP contribution in [0.5, 0.6) is 0 Å². The van der Waals surface area contributed by atoms with Crippen LogP contribution in [0.3, 0.4) is 0 Å². The number of aromatic carboxylic acids is 1. The average Bonchev–Trinajstić information content (AvgIpc) is 0.759. The molecule has 0 fully saturated rings. The van der Waals surface area contributed by atoms with Crippen molar-refractivity contribution in [2.24, 2.45) is 28.5 Å². The summed E-state index contributed by atoms with van der Waals surface area (Å²) in [6.45, 7) is 18.3. The van der Waals surface area contributed by atoms with Crippen LogP contribution in [0.1, 0.15) is 122 Å². The summed E-state index contributed by atoms with van der Waals surface area (Å²) in [6.07, 6.45) is 6.65. The van der Waals surface area contributed by atoms with E-state index < -0.39 is 136 Å². The fraction of sp³-hybridized carbons (Fsp3) is 0.365. The number of hydrogen-bond donors (Lipinski definition) is 6. The molecule has 1 aromatic heterocycles. The molecular formula is C74H85BBr5Cl3F9N5O18SU. The van der Waals surface area contributed by atoms with Gasteiger partial charge in [-0.15, -0.1) is 0 Å². The molecule has 0 bridgehead atoms. The van der Waals surface area contributed by atoms with Crippen LogP contribution in [0, 0.1) is 101 Å². The number of aliphatic imine (C=N–C) groups is 1. The third-order valence-electron chi connectivity index (χ3n) is 14.0. The quantitative estimate of drug-likeness (QED) is 0.00266. The van der Waals surface area contributed by atoms with Gasteiger partial charge < -0.3 is 64.6 Å². The molecule has 7 N–H and O–H groups in total. The molecular weight excluding hydrogens is 2200 g/mol. The van der Waals surface area contributed by atoms with E-state index in [9.17, 15) is 93.2 Å². The van der Waals surface area contributed by atoms with E-state index in [1.807, 2.05) is 55.6 Å². The maximum absolute atomic E-state index is 14.0. The number of carbonyl (C=O) groups excluding carboxylic acids is 6. The molecule has 43 heteroatoms. The first kappa shape index (κ1) is 115. The summed E-state index contributed by atoms with van der Waals surface area (Å²) in [7, 11) is 18.0. The van der Waals surface area contributed by atoms with Gasteiger partial charge in [-0.25, -0.2) is 67.7 Å². The molecule has 0 aliphatic heterocycles. The van der Waals surface area contributed by atoms with Crippen molar-refractivity contribution in [1.29, 1.82) is 1.34 Å². The molecule has 117 heavy (non-hydrogen) atoms. The number of nitrogens with zero attached hydrogens (tertiary/aromatic N) is 4. The molecule has 5 aromatic carbocycles. The zero-order valence-corrected chi connectivity index (χ0v) is 80.1. The Labute approximate surface area is 755 Å². The maximum Gasteiger partial charge on any atom is 0.343 e. The van der Waals surface area contributed by atoms with E-state index in [-0.39, 0.29) is 145 Å². The molecule has 0 spiro atoms. The largest absolute Gasteiger partial charge is 0.506 e. The zero-order valence-electron chi connectivity index (χ0n) is 65.9. The second-order valence-electron chi connectivity index (χ2n) is 24.0. The predicted octanol–water partition coefficient (Wildman–Crippen LogP) is 16.3. The van der Waals surface area contributed by atoms with Gasteiger partial charge >= 0.3 is 29.8 Å². The summed E-state index contributed by atoms with van der Waals surface area (Å²) in [5.41, 5.74) is 2.61. The van der Waals surface area contributed by atoms with Crippen LogP contribution in [-0.4, -0.2) is 187 Å². The Morgan fingerprint density at radius 1 is 0.573 bits per heavy atom. The van der Waals surface area contributed by atoms with Gasteiger partial charge in [-0.3, -0.25) is 19.4 Å². The molecule has 1 heterocycles. The topological polar surface area (TPSA) is 341 Å². The summed E-state index contributed by atoms with van der Waals surface area (Å²) in [5.74, 6) is -13.4. The number of aromatic nitrogens is 1. The number of ether oxygens (including phenoxy) is 4. The van der Waals surface area contributed by atoms with Crippen LogP contribution in [0.4, 0.5) is 39.5 Å². The number of benzene rings is 5. The zero-order chi connectivity index (χ0) is 91.3. The second kappa shape index (κ2) is 60.5. The Bertz CT molecular complexity index is 4470. The molecule has 6 aromatic rings. The minimum absolute atomic E-state index is 0. The molecule has 6 rings (SSSR count). The maximum atomic E-state index is 14.0. The van der Waals surface area contributed by atoms with Gasteiger partial charge in [-0.05, 0) is 174 Å². The van der Waals surface area contributed by atoms with E-state index in [0.29, 0.717) is 42.3 Å². The number of aliphatic hydroxyl groups excluding tert-OH is 4. The van der Waals surface area contributed by atoms with Crippen molar-refractivity contribution in [3.05, 3.63) is 209 Å². The normalized spacial score (nSPS) is 11.7. The van der Waals surface area contributed by atoms with Gasteiger partial charge in [0, 0.05) is 156 Å². The number of carbonyl (C=O) groups is 7. The Morgan fingerprint density at radius 3 is 1.35 bits per heavy atom. The average molecular weight is 2290 g/mol. The Morgan fingerprint density at radius 2 is 0.974 bits per heavy atom. The Balaban J connectivity index is -0.000000656. The van der Waals surface area contributed by atoms with Crippen molar-refractivity contribution in [3.63, 3.8) is 0 Å². The molecule has 0 amide bonds. The fourth-order valence-corrected chi connectivity index (χ4v) is 9.81. The summed E-state index contributed by atoms with van der Waals surface area (Å²) in [5, 5.41) is 45.4. The Hall–Kier alpha value is -5.96. The fourth-order valence-electron chi connectivity index (χ4n) is 7.95. The number of nitrogens with two attached hydrogens (primary N) is 1. The van der Waals surface area contributed by atoms with Crippen LogP contribution in [0.15, 0.2) is 129 Å². The molecule has 0 saturated carbocycles. The number of rotatable bonds is 24. The van der Waals surface area contributed by atoms with Crippen molar-refractivity contribution in [1.82, 2.24) is 14.4 Å². The van der Waals surface area contributed by atoms with Crippen LogP contribution >= 0.6 is 113 Å². The molecule has 0 aliphatic rings. The summed E-state index contributed by atoms with van der Waals surface area (Å²) in [4.78, 5) is 99.7. The number of carboxylic acids is 1. The van der Waals surface area contributed by atoms with Gasteiger partial charge in [0.15, 0.2) is 0 Å². The predicted molar refractivity (Wildman–Crippen MR) is 446 cm³/mol. The number of fused-ring (bicyclic) bond motifs is 1. The minimum atomic E-state index is -1.67. The number of halogens is 17. The van der Waals surface area contributed by atoms with Crippen molar-refractivity contribution in [2.75, 3.05) is 74.4 Å². The number of esters is 4. The summed E-state index contributed by atoms with van der Waals surface area (Å²) < 4.78 is 154. The van der Waals surface area contributed by atoms with E-state index >= 15 is 0 Å². The van der Waals surface area contributed by atoms with Crippen molar-refractivity contribution in [2.45, 2.75) is 87.4 Å². The molecule has 0 aliphatic carbocycles. The number of carboxylic acid groups (broad SMARTS) is 1. The number of pyridine rings is 1. The van der Waals surface area contributed by atoms with Crippen molar-refractivity contribution < 1.29 is 153 Å². The van der Waals surface area contributed by atoms with E-state index in [0.717, 1.165) is 30.5 Å². The molecule has 0 saturated heterocycles. The molecule has 23 nitrogen and oxygen atoms in total. The second-order valence-corrected chi connectivity index (χ2v) is 31.1. The van der Waals surface area contributed by atoms with Crippen molar-refractivity contribution in [3.8, 4) is 0 Å². The SMILES string of the molecule is CC(C)[C@H](N)CO.CCOC(=O)/C=C/N(C)C.CCOC(=O)C(=CN(C)C)C(=O)c1cc(Br)c(F)cc1F.CCOC(=O)C(C=N[C@H](CO)C(C)C)=C(O)c1cc(Br)c(F)cc1F.CCOC(=O)c1cn([C@H](CO)C(C)C)c2cc(F)c(Br)cc2c1=O.O=C(Cl)c1cc(Br)c(F)cc1F.O=C(O)c1cc(Br)c(F)cc1F.O=S(Cl)Cl.[2H][B].[U]. The number of hydrogen-bond acceptors (Lipinski definition) is 21. The summed E-state index contributed by atoms with van der Waals surface area (Å²) >= 11 is 19.4. The molecule has 646 valence electrons. The van der Waals surface area contributed by atoms with Crippen LogP contribution in [0.25, 0.3) is 16.7 Å². The number of Topliss-reactive ketones (excluding diaryl/α,β-unsaturated/α-hetero) is 1. The smallest absolute Gasteiger partial charge is 0.343 e. The van der Waals surface area contributed by atoms with Crippen LogP contribution in [-0.2, 0) is 42.6 Å². The first-order valence-corrected chi connectivity index (χ1v) is 40.4. The Kier molecular flexibility index (Phi) is 59.6. The van der Waals surface area contributed by atoms with E-state index in [4.69, 9.17) is 47.3 Å². The van der Waals surface area contributed by atoms with Gasteiger partial charge in [0.05, 0.1) is 108 Å². The third-order valence-corrected chi connectivity index (χ3v) is 17.2. The van der Waals surface area contributed by atoms with Crippen LogP contribution < -0.4 is 11.2 Å².